The Morgan fingerprint density at radius 1 is 1.69 bits per heavy atom. The summed E-state index contributed by atoms with van der Waals surface area (Å²) in [7, 11) is 0. The number of thiophene rings is 1. The van der Waals surface area contributed by atoms with E-state index in [0.717, 1.165) is 19.0 Å². The van der Waals surface area contributed by atoms with Gasteiger partial charge in [0.1, 0.15) is 12.5 Å². The molecule has 0 aromatic carbocycles. The van der Waals surface area contributed by atoms with Crippen LogP contribution in [0.1, 0.15) is 11.8 Å². The van der Waals surface area contributed by atoms with Crippen LogP contribution in [0.25, 0.3) is 0 Å². The van der Waals surface area contributed by atoms with Crippen molar-refractivity contribution < 1.29 is 0 Å². The predicted octanol–water partition coefficient (Wildman–Crippen LogP) is 2.21. The van der Waals surface area contributed by atoms with Crippen LogP contribution in [0, 0.1) is 0 Å². The third-order valence-corrected chi connectivity index (χ3v) is 3.54. The predicted molar refractivity (Wildman–Crippen MR) is 58.7 cm³/mol. The summed E-state index contributed by atoms with van der Waals surface area (Å²) in [6, 6.07) is 4.22. The minimum Gasteiger partial charge on any atom is -0.335 e. The number of nitrogens with zero attached hydrogens (tertiary/aromatic N) is 2. The topological polar surface area (TPSA) is 27.6 Å². The van der Waals surface area contributed by atoms with Gasteiger partial charge in [0, 0.05) is 4.88 Å². The minimum absolute atomic E-state index is 0.821. The Hall–Kier alpha value is -0.550. The summed E-state index contributed by atoms with van der Waals surface area (Å²) in [6.45, 7) is 3.78. The fourth-order valence-corrected chi connectivity index (χ4v) is 2.71. The maximum atomic E-state index is 4.11. The van der Waals surface area contributed by atoms with Crippen molar-refractivity contribution in [2.45, 2.75) is 13.5 Å². The second kappa shape index (κ2) is 3.67. The van der Waals surface area contributed by atoms with Gasteiger partial charge in [0.05, 0.1) is 10.3 Å². The molecule has 0 unspecified atom stereocenters. The lowest BCUT2D eigenvalue weighted by Gasteiger charge is -2.14. The Kier molecular flexibility index (Phi) is 2.55. The van der Waals surface area contributed by atoms with Crippen LogP contribution in [0.15, 0.2) is 21.0 Å². The van der Waals surface area contributed by atoms with Crippen molar-refractivity contribution in [3.05, 3.63) is 20.8 Å². The Labute approximate surface area is 89.6 Å². The number of hydrogen-bond donors (Lipinski definition) is 1. The van der Waals surface area contributed by atoms with Crippen molar-refractivity contribution in [3.8, 4) is 0 Å². The van der Waals surface area contributed by atoms with Crippen molar-refractivity contribution in [3.63, 3.8) is 0 Å². The first-order chi connectivity index (χ1) is 6.25. The van der Waals surface area contributed by atoms with Crippen LogP contribution in [-0.2, 0) is 6.54 Å². The highest BCUT2D eigenvalue weighted by atomic mass is 79.9. The third kappa shape index (κ3) is 2.03. The van der Waals surface area contributed by atoms with E-state index in [0.29, 0.717) is 0 Å². The molecule has 0 amide bonds. The summed E-state index contributed by atoms with van der Waals surface area (Å²) in [6.07, 6.45) is 0. The molecule has 1 aromatic heterocycles. The van der Waals surface area contributed by atoms with Gasteiger partial charge in [-0.2, -0.15) is 5.10 Å². The fraction of sp³-hybridized carbons (Fsp3) is 0.375. The number of amidine groups is 1. The highest BCUT2D eigenvalue weighted by Crippen LogP contribution is 2.23. The quantitative estimate of drug-likeness (QED) is 0.882. The third-order valence-electron chi connectivity index (χ3n) is 1.94. The molecule has 0 saturated heterocycles. The van der Waals surface area contributed by atoms with Crippen LogP contribution in [0.4, 0.5) is 0 Å². The van der Waals surface area contributed by atoms with E-state index < -0.39 is 0 Å². The number of hydrogen-bond acceptors (Lipinski definition) is 4. The average Bonchev–Trinajstić information content (AvgIpc) is 2.64. The van der Waals surface area contributed by atoms with Gasteiger partial charge in [-0.1, -0.05) is 0 Å². The van der Waals surface area contributed by atoms with Gasteiger partial charge in [0.15, 0.2) is 0 Å². The van der Waals surface area contributed by atoms with Gasteiger partial charge >= 0.3 is 0 Å². The van der Waals surface area contributed by atoms with E-state index in [1.54, 1.807) is 11.3 Å². The van der Waals surface area contributed by atoms with Gasteiger partial charge in [0.2, 0.25) is 0 Å². The maximum Gasteiger partial charge on any atom is 0.123 e. The zero-order valence-corrected chi connectivity index (χ0v) is 9.65. The molecule has 0 spiro atoms. The highest BCUT2D eigenvalue weighted by Gasteiger charge is 2.12. The van der Waals surface area contributed by atoms with E-state index in [1.165, 1.54) is 8.66 Å². The SMILES string of the molecule is CC1=NNCN1Cc1ccc(Br)s1. The van der Waals surface area contributed by atoms with Crippen LogP contribution in [0.3, 0.4) is 0 Å². The first kappa shape index (κ1) is 9.02. The molecule has 13 heavy (non-hydrogen) atoms. The van der Waals surface area contributed by atoms with Crippen molar-refractivity contribution in [1.29, 1.82) is 0 Å². The molecular formula is C8H10BrN3S. The minimum atomic E-state index is 0.821. The highest BCUT2D eigenvalue weighted by molar-refractivity contribution is 9.11. The van der Waals surface area contributed by atoms with Crippen molar-refractivity contribution >= 4 is 33.1 Å². The number of halogens is 1. The number of nitrogens with one attached hydrogen (secondary N) is 1. The zero-order valence-electron chi connectivity index (χ0n) is 7.25. The molecule has 0 aliphatic carbocycles. The number of hydrazone groups is 1. The summed E-state index contributed by atoms with van der Waals surface area (Å²) >= 11 is 5.22. The molecular weight excluding hydrogens is 250 g/mol. The van der Waals surface area contributed by atoms with Gasteiger partial charge in [-0.15, -0.1) is 11.3 Å². The fourth-order valence-electron chi connectivity index (χ4n) is 1.22. The second-order valence-electron chi connectivity index (χ2n) is 2.88. The van der Waals surface area contributed by atoms with Crippen LogP contribution in [0.5, 0.6) is 0 Å². The monoisotopic (exact) mass is 259 g/mol. The van der Waals surface area contributed by atoms with E-state index in [9.17, 15) is 0 Å². The summed E-state index contributed by atoms with van der Waals surface area (Å²) in [4.78, 5) is 3.56. The molecule has 5 heteroatoms. The summed E-state index contributed by atoms with van der Waals surface area (Å²) < 4.78 is 1.18. The molecule has 0 fully saturated rings. The Morgan fingerprint density at radius 3 is 3.08 bits per heavy atom. The van der Waals surface area contributed by atoms with Crippen LogP contribution >= 0.6 is 27.3 Å². The molecule has 2 rings (SSSR count). The van der Waals surface area contributed by atoms with E-state index in [-0.39, 0.29) is 0 Å². The Balaban J connectivity index is 2.02. The molecule has 0 atom stereocenters. The standard InChI is InChI=1S/C8H10BrN3S/c1-6-11-10-5-12(6)4-7-2-3-8(9)13-7/h2-3,10H,4-5H2,1H3. The Morgan fingerprint density at radius 2 is 2.54 bits per heavy atom. The lowest BCUT2D eigenvalue weighted by atomic mass is 10.4. The van der Waals surface area contributed by atoms with Crippen molar-refractivity contribution in [1.82, 2.24) is 10.3 Å². The molecule has 0 radical (unpaired) electrons. The molecule has 0 bridgehead atoms. The van der Waals surface area contributed by atoms with E-state index in [4.69, 9.17) is 0 Å². The zero-order chi connectivity index (χ0) is 9.26. The van der Waals surface area contributed by atoms with Gasteiger partial charge in [0.25, 0.3) is 0 Å². The average molecular weight is 260 g/mol. The van der Waals surface area contributed by atoms with Gasteiger partial charge in [-0.05, 0) is 35.0 Å². The van der Waals surface area contributed by atoms with Crippen LogP contribution in [-0.4, -0.2) is 17.4 Å². The van der Waals surface area contributed by atoms with E-state index >= 15 is 0 Å². The largest absolute Gasteiger partial charge is 0.335 e. The molecule has 1 aliphatic rings. The van der Waals surface area contributed by atoms with Crippen molar-refractivity contribution in [2.24, 2.45) is 5.10 Å². The van der Waals surface area contributed by atoms with Crippen LogP contribution in [0.2, 0.25) is 0 Å². The lowest BCUT2D eigenvalue weighted by molar-refractivity contribution is 0.421. The smallest absolute Gasteiger partial charge is 0.123 e. The normalized spacial score (nSPS) is 15.8. The van der Waals surface area contributed by atoms with Gasteiger partial charge in [-0.25, -0.2) is 0 Å². The van der Waals surface area contributed by atoms with Crippen molar-refractivity contribution in [2.75, 3.05) is 6.67 Å². The molecule has 70 valence electrons. The molecule has 1 aromatic rings. The first-order valence-corrected chi connectivity index (χ1v) is 5.63. The molecule has 1 N–H and O–H groups in total. The van der Waals surface area contributed by atoms with Gasteiger partial charge in [-0.3, -0.25) is 5.43 Å². The van der Waals surface area contributed by atoms with Gasteiger partial charge < -0.3 is 4.90 Å². The summed E-state index contributed by atoms with van der Waals surface area (Å²) in [5, 5.41) is 4.11. The Bertz CT molecular complexity index is 334. The number of rotatable bonds is 2. The summed E-state index contributed by atoms with van der Waals surface area (Å²) in [5.74, 6) is 1.06. The summed E-state index contributed by atoms with van der Waals surface area (Å²) in [5.41, 5.74) is 2.96. The van der Waals surface area contributed by atoms with E-state index in [1.807, 2.05) is 6.92 Å². The molecule has 3 nitrogen and oxygen atoms in total. The second-order valence-corrected chi connectivity index (χ2v) is 5.43. The maximum absolute atomic E-state index is 4.11. The van der Waals surface area contributed by atoms with Crippen LogP contribution < -0.4 is 5.43 Å². The molecule has 1 aliphatic heterocycles. The molecule has 0 saturated carbocycles. The lowest BCUT2D eigenvalue weighted by Crippen LogP contribution is -2.26. The van der Waals surface area contributed by atoms with E-state index in [2.05, 4.69) is 43.5 Å². The first-order valence-electron chi connectivity index (χ1n) is 4.02. The molecule has 2 heterocycles.